The molecule has 0 saturated carbocycles. The van der Waals surface area contributed by atoms with Crippen molar-refractivity contribution in [1.82, 2.24) is 14.9 Å². The number of nitrogens with zero attached hydrogens (tertiary/aromatic N) is 2. The van der Waals surface area contributed by atoms with Crippen LogP contribution in [0, 0.1) is 5.92 Å². The molecule has 1 aromatic heterocycles. The second kappa shape index (κ2) is 5.43. The van der Waals surface area contributed by atoms with Crippen LogP contribution in [0.4, 0.5) is 0 Å². The molecule has 18 heavy (non-hydrogen) atoms. The summed E-state index contributed by atoms with van der Waals surface area (Å²) in [5, 5.41) is 9.26. The fourth-order valence-electron chi connectivity index (χ4n) is 2.17. The number of nitrogens with one attached hydrogen (secondary N) is 1. The third-order valence-electron chi connectivity index (χ3n) is 3.13. The van der Waals surface area contributed by atoms with Crippen molar-refractivity contribution in [2.45, 2.75) is 18.9 Å². The van der Waals surface area contributed by atoms with E-state index in [1.807, 2.05) is 0 Å². The van der Waals surface area contributed by atoms with E-state index >= 15 is 0 Å². The molecule has 2 atom stereocenters. The van der Waals surface area contributed by atoms with Gasteiger partial charge in [0.05, 0.1) is 6.33 Å². The fraction of sp³-hybridized carbons (Fsp3) is 0.545. The number of carboxylic acid groups (broad SMARTS) is 1. The molecule has 1 aromatic rings. The first-order valence-electron chi connectivity index (χ1n) is 5.72. The first-order valence-corrected chi connectivity index (χ1v) is 6.35. The first-order chi connectivity index (χ1) is 8.61. The number of likely N-dealkylation sites (tertiary alicyclic amines) is 1. The predicted octanol–water partition coefficient (Wildman–Crippen LogP) is 0.184. The molecule has 0 spiro atoms. The lowest BCUT2D eigenvalue weighted by Gasteiger charge is -2.24. The highest BCUT2D eigenvalue weighted by molar-refractivity contribution is 7.80. The third kappa shape index (κ3) is 2.66. The monoisotopic (exact) mass is 269 g/mol. The molecule has 2 N–H and O–H groups in total. The summed E-state index contributed by atoms with van der Waals surface area (Å²) < 4.78 is 0. The highest BCUT2D eigenvalue weighted by Crippen LogP contribution is 2.22. The number of H-pyrrole nitrogens is 1. The number of imidazole rings is 1. The second-order valence-electron chi connectivity index (χ2n) is 4.43. The Hall–Kier alpha value is -1.50. The molecule has 0 aromatic carbocycles. The average molecular weight is 269 g/mol. The molecule has 1 aliphatic rings. The maximum Gasteiger partial charge on any atom is 0.326 e. The molecular weight excluding hydrogens is 254 g/mol. The Kier molecular flexibility index (Phi) is 3.90. The molecule has 7 heteroatoms. The summed E-state index contributed by atoms with van der Waals surface area (Å²) in [5.74, 6) is -0.360. The molecule has 0 bridgehead atoms. The summed E-state index contributed by atoms with van der Waals surface area (Å²) >= 11 is 4.16. The highest BCUT2D eigenvalue weighted by atomic mass is 32.1. The van der Waals surface area contributed by atoms with Gasteiger partial charge in [0.1, 0.15) is 6.04 Å². The Morgan fingerprint density at radius 3 is 3.00 bits per heavy atom. The normalized spacial score (nSPS) is 21.3. The zero-order chi connectivity index (χ0) is 13.1. The smallest absolute Gasteiger partial charge is 0.326 e. The Bertz CT molecular complexity index is 435. The maximum absolute atomic E-state index is 11.8. The van der Waals surface area contributed by atoms with Gasteiger partial charge in [0.25, 0.3) is 0 Å². The van der Waals surface area contributed by atoms with Crippen molar-refractivity contribution in [3.63, 3.8) is 0 Å². The van der Waals surface area contributed by atoms with Crippen LogP contribution in [0.1, 0.15) is 12.1 Å². The minimum atomic E-state index is -0.988. The fourth-order valence-corrected chi connectivity index (χ4v) is 2.41. The average Bonchev–Trinajstić information content (AvgIpc) is 2.95. The molecule has 1 saturated heterocycles. The molecule has 6 nitrogen and oxygen atoms in total. The topological polar surface area (TPSA) is 86.3 Å². The lowest BCUT2D eigenvalue weighted by atomic mass is 10.1. The molecule has 0 radical (unpaired) electrons. The third-order valence-corrected chi connectivity index (χ3v) is 3.64. The van der Waals surface area contributed by atoms with Crippen LogP contribution in [0.5, 0.6) is 0 Å². The van der Waals surface area contributed by atoms with Gasteiger partial charge < -0.3 is 15.0 Å². The van der Waals surface area contributed by atoms with Gasteiger partial charge in [0, 0.05) is 31.3 Å². The highest BCUT2D eigenvalue weighted by Gasteiger charge is 2.37. The number of aliphatic carboxylic acids is 1. The minimum Gasteiger partial charge on any atom is -0.480 e. The van der Waals surface area contributed by atoms with E-state index in [4.69, 9.17) is 0 Å². The van der Waals surface area contributed by atoms with Gasteiger partial charge in [-0.25, -0.2) is 9.78 Å². The number of carbonyl (C=O) groups excluding carboxylic acids is 1. The van der Waals surface area contributed by atoms with Crippen LogP contribution >= 0.6 is 12.6 Å². The Morgan fingerprint density at radius 1 is 1.72 bits per heavy atom. The second-order valence-corrected chi connectivity index (χ2v) is 4.80. The molecule has 1 unspecified atom stereocenters. The van der Waals surface area contributed by atoms with Crippen molar-refractivity contribution in [2.75, 3.05) is 12.3 Å². The number of hydrogen-bond acceptors (Lipinski definition) is 4. The standard InChI is InChI=1S/C11H15N3O3S/c15-10-1-7(5-18)4-14(10)9(11(16)17)2-8-3-12-6-13-8/h3,6-7,9,18H,1-2,4-5H2,(H,12,13)(H,16,17)/t7?,9-/m0/s1. The zero-order valence-corrected chi connectivity index (χ0v) is 10.6. The summed E-state index contributed by atoms with van der Waals surface area (Å²) in [6.45, 7) is 0.466. The van der Waals surface area contributed by atoms with Crippen LogP contribution < -0.4 is 0 Å². The van der Waals surface area contributed by atoms with E-state index in [-0.39, 0.29) is 18.2 Å². The largest absolute Gasteiger partial charge is 0.480 e. The van der Waals surface area contributed by atoms with Crippen LogP contribution in [0.2, 0.25) is 0 Å². The first kappa shape index (κ1) is 12.9. The Labute approximate surface area is 110 Å². The number of hydrogen-bond donors (Lipinski definition) is 3. The predicted molar refractivity (Wildman–Crippen MR) is 67.4 cm³/mol. The summed E-state index contributed by atoms with van der Waals surface area (Å²) in [6, 6.07) is -0.831. The summed E-state index contributed by atoms with van der Waals surface area (Å²) in [4.78, 5) is 31.3. The van der Waals surface area contributed by atoms with Crippen LogP contribution in [-0.4, -0.2) is 50.2 Å². The Balaban J connectivity index is 2.11. The number of amides is 1. The maximum atomic E-state index is 11.8. The molecule has 98 valence electrons. The van der Waals surface area contributed by atoms with Crippen molar-refractivity contribution in [3.8, 4) is 0 Å². The van der Waals surface area contributed by atoms with Crippen LogP contribution in [-0.2, 0) is 16.0 Å². The van der Waals surface area contributed by atoms with E-state index in [0.717, 1.165) is 0 Å². The van der Waals surface area contributed by atoms with Gasteiger partial charge in [-0.15, -0.1) is 0 Å². The minimum absolute atomic E-state index is 0.110. The van der Waals surface area contributed by atoms with Crippen molar-refractivity contribution in [3.05, 3.63) is 18.2 Å². The quantitative estimate of drug-likeness (QED) is 0.666. The van der Waals surface area contributed by atoms with E-state index < -0.39 is 12.0 Å². The zero-order valence-electron chi connectivity index (χ0n) is 9.74. The van der Waals surface area contributed by atoms with Crippen LogP contribution in [0.25, 0.3) is 0 Å². The molecule has 2 heterocycles. The van der Waals surface area contributed by atoms with Crippen molar-refractivity contribution in [2.24, 2.45) is 5.92 Å². The summed E-state index contributed by atoms with van der Waals surface area (Å²) in [6.07, 6.45) is 3.71. The number of carboxylic acids is 1. The van der Waals surface area contributed by atoms with Crippen LogP contribution in [0.3, 0.4) is 0 Å². The summed E-state index contributed by atoms with van der Waals surface area (Å²) in [7, 11) is 0. The van der Waals surface area contributed by atoms with Crippen molar-refractivity contribution >= 4 is 24.5 Å². The van der Waals surface area contributed by atoms with E-state index in [1.165, 1.54) is 11.2 Å². The van der Waals surface area contributed by atoms with Gasteiger partial charge in [-0.05, 0) is 11.7 Å². The molecular formula is C11H15N3O3S. The van der Waals surface area contributed by atoms with Gasteiger partial charge in [0.15, 0.2) is 0 Å². The van der Waals surface area contributed by atoms with Gasteiger partial charge in [0.2, 0.25) is 5.91 Å². The van der Waals surface area contributed by atoms with E-state index in [2.05, 4.69) is 22.6 Å². The number of rotatable bonds is 5. The van der Waals surface area contributed by atoms with Gasteiger partial charge in [-0.1, -0.05) is 0 Å². The van der Waals surface area contributed by atoms with Crippen molar-refractivity contribution in [1.29, 1.82) is 0 Å². The lowest BCUT2D eigenvalue weighted by molar-refractivity contribution is -0.148. The number of thiol groups is 1. The molecule has 0 aliphatic carbocycles. The van der Waals surface area contributed by atoms with Crippen molar-refractivity contribution < 1.29 is 14.7 Å². The van der Waals surface area contributed by atoms with E-state index in [1.54, 1.807) is 6.20 Å². The molecule has 1 aliphatic heterocycles. The van der Waals surface area contributed by atoms with Gasteiger partial charge in [-0.2, -0.15) is 12.6 Å². The van der Waals surface area contributed by atoms with Crippen LogP contribution in [0.15, 0.2) is 12.5 Å². The molecule has 2 rings (SSSR count). The van der Waals surface area contributed by atoms with E-state index in [9.17, 15) is 14.7 Å². The van der Waals surface area contributed by atoms with Gasteiger partial charge >= 0.3 is 5.97 Å². The number of aromatic nitrogens is 2. The lowest BCUT2D eigenvalue weighted by Crippen LogP contribution is -2.43. The Morgan fingerprint density at radius 2 is 2.50 bits per heavy atom. The molecule has 1 fully saturated rings. The number of aromatic amines is 1. The van der Waals surface area contributed by atoms with E-state index in [0.29, 0.717) is 24.4 Å². The van der Waals surface area contributed by atoms with Gasteiger partial charge in [-0.3, -0.25) is 4.79 Å². The summed E-state index contributed by atoms with van der Waals surface area (Å²) in [5.41, 5.74) is 0.713. The molecule has 1 amide bonds. The SMILES string of the molecule is O=C(O)[C@H](Cc1cnc[nH]1)N1CC(CS)CC1=O. The number of carbonyl (C=O) groups is 2.